The third-order valence-electron chi connectivity index (χ3n) is 2.96. The average molecular weight is 306 g/mol. The molecule has 0 radical (unpaired) electrons. The van der Waals surface area contributed by atoms with Crippen molar-refractivity contribution in [2.24, 2.45) is 0 Å². The number of carbonyl (C=O) groups excluding carboxylic acids is 1. The molecule has 0 aliphatic carbocycles. The van der Waals surface area contributed by atoms with Crippen LogP contribution in [0.25, 0.3) is 0 Å². The van der Waals surface area contributed by atoms with E-state index in [9.17, 15) is 9.18 Å². The highest BCUT2D eigenvalue weighted by Gasteiger charge is 2.07. The Morgan fingerprint density at radius 2 is 2.23 bits per heavy atom. The van der Waals surface area contributed by atoms with Gasteiger partial charge in [0.05, 0.1) is 6.20 Å². The second-order valence-corrected chi connectivity index (χ2v) is 4.83. The second kappa shape index (κ2) is 8.11. The van der Waals surface area contributed by atoms with Crippen molar-refractivity contribution in [2.45, 2.75) is 32.9 Å². The lowest BCUT2D eigenvalue weighted by Gasteiger charge is -2.04. The first-order chi connectivity index (χ1) is 10.7. The highest BCUT2D eigenvalue weighted by molar-refractivity contribution is 5.75. The second-order valence-electron chi connectivity index (χ2n) is 4.83. The van der Waals surface area contributed by atoms with Gasteiger partial charge in [-0.25, -0.2) is 9.07 Å². The van der Waals surface area contributed by atoms with Crippen molar-refractivity contribution in [1.29, 1.82) is 0 Å². The molecular weight excluding hydrogens is 287 g/mol. The summed E-state index contributed by atoms with van der Waals surface area (Å²) in [4.78, 5) is 11.6. The normalized spacial score (nSPS) is 10.5. The molecule has 22 heavy (non-hydrogen) atoms. The van der Waals surface area contributed by atoms with Gasteiger partial charge in [0.2, 0.25) is 5.91 Å². The highest BCUT2D eigenvalue weighted by atomic mass is 19.1. The topological polar surface area (TPSA) is 69.0 Å². The number of rotatable bonds is 8. The van der Waals surface area contributed by atoms with E-state index in [-0.39, 0.29) is 24.8 Å². The van der Waals surface area contributed by atoms with Crippen molar-refractivity contribution in [1.82, 2.24) is 20.3 Å². The van der Waals surface area contributed by atoms with E-state index < -0.39 is 5.82 Å². The van der Waals surface area contributed by atoms with Crippen LogP contribution >= 0.6 is 0 Å². The average Bonchev–Trinajstić information content (AvgIpc) is 2.94. The fourth-order valence-electron chi connectivity index (χ4n) is 1.80. The van der Waals surface area contributed by atoms with Gasteiger partial charge in [-0.1, -0.05) is 30.7 Å². The van der Waals surface area contributed by atoms with Crippen LogP contribution in [0.4, 0.5) is 4.39 Å². The Kier molecular flexibility index (Phi) is 5.88. The highest BCUT2D eigenvalue weighted by Crippen LogP contribution is 2.16. The molecule has 0 bridgehead atoms. The molecule has 2 rings (SSSR count). The van der Waals surface area contributed by atoms with Crippen LogP contribution in [0.3, 0.4) is 0 Å². The van der Waals surface area contributed by atoms with Crippen LogP contribution in [0.15, 0.2) is 30.5 Å². The largest absolute Gasteiger partial charge is 0.484 e. The van der Waals surface area contributed by atoms with Crippen molar-refractivity contribution in [3.63, 3.8) is 0 Å². The molecule has 0 saturated heterocycles. The minimum absolute atomic E-state index is 0.0956. The number of amides is 1. The third kappa shape index (κ3) is 4.83. The molecule has 0 fully saturated rings. The lowest BCUT2D eigenvalue weighted by Crippen LogP contribution is -2.28. The molecule has 0 atom stereocenters. The van der Waals surface area contributed by atoms with Crippen molar-refractivity contribution in [3.8, 4) is 5.75 Å². The van der Waals surface area contributed by atoms with E-state index in [0.29, 0.717) is 12.2 Å². The van der Waals surface area contributed by atoms with E-state index >= 15 is 0 Å². The number of para-hydroxylation sites is 1. The molecule has 1 amide bonds. The zero-order valence-electron chi connectivity index (χ0n) is 12.5. The Hall–Kier alpha value is -2.44. The van der Waals surface area contributed by atoms with E-state index in [1.165, 1.54) is 10.7 Å². The number of aromatic nitrogens is 3. The van der Waals surface area contributed by atoms with Gasteiger partial charge in [0.15, 0.2) is 11.6 Å². The maximum Gasteiger partial charge on any atom is 0.241 e. The molecule has 0 aliphatic rings. The standard InChI is InChI=1S/C15H19FN4O2/c1-2-3-8-17-15(21)10-20-9-12(18-19-20)11-22-14-7-5-4-6-13(14)16/h4-7,9H,2-3,8,10-11H2,1H3,(H,17,21). The van der Waals surface area contributed by atoms with Gasteiger partial charge < -0.3 is 10.1 Å². The number of hydrogen-bond acceptors (Lipinski definition) is 4. The molecule has 0 unspecified atom stereocenters. The first-order valence-corrected chi connectivity index (χ1v) is 7.22. The fourth-order valence-corrected chi connectivity index (χ4v) is 1.80. The Bertz CT molecular complexity index is 615. The molecule has 1 aromatic heterocycles. The monoisotopic (exact) mass is 306 g/mol. The predicted molar refractivity (Wildman–Crippen MR) is 78.7 cm³/mol. The Balaban J connectivity index is 1.81. The molecule has 1 aromatic carbocycles. The zero-order valence-corrected chi connectivity index (χ0v) is 12.5. The van der Waals surface area contributed by atoms with Gasteiger partial charge in [-0.15, -0.1) is 5.10 Å². The summed E-state index contributed by atoms with van der Waals surface area (Å²) in [7, 11) is 0. The summed E-state index contributed by atoms with van der Waals surface area (Å²) in [6.45, 7) is 2.92. The molecular formula is C15H19FN4O2. The number of unbranched alkanes of at least 4 members (excludes halogenated alkanes) is 1. The summed E-state index contributed by atoms with van der Waals surface area (Å²) in [5, 5.41) is 10.5. The van der Waals surface area contributed by atoms with Crippen LogP contribution in [0, 0.1) is 5.82 Å². The smallest absolute Gasteiger partial charge is 0.241 e. The van der Waals surface area contributed by atoms with Crippen molar-refractivity contribution < 1.29 is 13.9 Å². The number of nitrogens with zero attached hydrogens (tertiary/aromatic N) is 3. The van der Waals surface area contributed by atoms with Crippen LogP contribution in [-0.2, 0) is 17.9 Å². The van der Waals surface area contributed by atoms with E-state index in [4.69, 9.17) is 4.74 Å². The number of halogens is 1. The van der Waals surface area contributed by atoms with Gasteiger partial charge in [-0.05, 0) is 18.6 Å². The third-order valence-corrected chi connectivity index (χ3v) is 2.96. The van der Waals surface area contributed by atoms with Gasteiger partial charge in [-0.3, -0.25) is 4.79 Å². The molecule has 118 valence electrons. The predicted octanol–water partition coefficient (Wildman–Crippen LogP) is 1.91. The van der Waals surface area contributed by atoms with Gasteiger partial charge in [0, 0.05) is 6.54 Å². The summed E-state index contributed by atoms with van der Waals surface area (Å²) >= 11 is 0. The van der Waals surface area contributed by atoms with Gasteiger partial charge >= 0.3 is 0 Å². The van der Waals surface area contributed by atoms with E-state index in [0.717, 1.165) is 12.8 Å². The van der Waals surface area contributed by atoms with Crippen LogP contribution in [-0.4, -0.2) is 27.4 Å². The van der Waals surface area contributed by atoms with Crippen LogP contribution in [0.2, 0.25) is 0 Å². The Labute approximate surface area is 128 Å². The lowest BCUT2D eigenvalue weighted by atomic mass is 10.3. The molecule has 0 saturated carbocycles. The van der Waals surface area contributed by atoms with E-state index in [1.54, 1.807) is 24.4 Å². The quantitative estimate of drug-likeness (QED) is 0.756. The van der Waals surface area contributed by atoms with Crippen molar-refractivity contribution in [2.75, 3.05) is 6.54 Å². The van der Waals surface area contributed by atoms with Gasteiger partial charge in [-0.2, -0.15) is 0 Å². The van der Waals surface area contributed by atoms with E-state index in [1.807, 2.05) is 0 Å². The minimum atomic E-state index is -0.426. The summed E-state index contributed by atoms with van der Waals surface area (Å²) in [6, 6.07) is 6.15. The Morgan fingerprint density at radius 3 is 3.00 bits per heavy atom. The summed E-state index contributed by atoms with van der Waals surface area (Å²) in [5.41, 5.74) is 0.532. The summed E-state index contributed by atoms with van der Waals surface area (Å²) < 4.78 is 20.2. The lowest BCUT2D eigenvalue weighted by molar-refractivity contribution is -0.121. The molecule has 6 nitrogen and oxygen atoms in total. The summed E-state index contributed by atoms with van der Waals surface area (Å²) in [5.74, 6) is -0.375. The van der Waals surface area contributed by atoms with Gasteiger partial charge in [0.25, 0.3) is 0 Å². The first-order valence-electron chi connectivity index (χ1n) is 7.22. The number of ether oxygens (including phenoxy) is 1. The first kappa shape index (κ1) is 15.9. The number of nitrogens with one attached hydrogen (secondary N) is 1. The van der Waals surface area contributed by atoms with Crippen molar-refractivity contribution >= 4 is 5.91 Å². The molecule has 1 heterocycles. The molecule has 0 spiro atoms. The number of benzene rings is 1. The molecule has 7 heteroatoms. The molecule has 1 N–H and O–H groups in total. The van der Waals surface area contributed by atoms with Crippen LogP contribution in [0.1, 0.15) is 25.5 Å². The maximum absolute atomic E-state index is 13.4. The fraction of sp³-hybridized carbons (Fsp3) is 0.400. The number of hydrogen-bond donors (Lipinski definition) is 1. The summed E-state index contributed by atoms with van der Waals surface area (Å²) in [6.07, 6.45) is 3.59. The minimum Gasteiger partial charge on any atom is -0.484 e. The zero-order chi connectivity index (χ0) is 15.8. The van der Waals surface area contributed by atoms with Crippen LogP contribution < -0.4 is 10.1 Å². The van der Waals surface area contributed by atoms with Gasteiger partial charge in [0.1, 0.15) is 18.8 Å². The van der Waals surface area contributed by atoms with Crippen LogP contribution in [0.5, 0.6) is 5.75 Å². The SMILES string of the molecule is CCCCNC(=O)Cn1cc(COc2ccccc2F)nn1. The van der Waals surface area contributed by atoms with E-state index in [2.05, 4.69) is 22.6 Å². The maximum atomic E-state index is 13.4. The van der Waals surface area contributed by atoms with Crippen molar-refractivity contribution in [3.05, 3.63) is 42.0 Å². The molecule has 0 aliphatic heterocycles. The molecule has 2 aromatic rings. The Morgan fingerprint density at radius 1 is 1.41 bits per heavy atom. The number of carbonyl (C=O) groups is 1.